The van der Waals surface area contributed by atoms with Gasteiger partial charge in [0.25, 0.3) is 0 Å². The van der Waals surface area contributed by atoms with Crippen LogP contribution in [-0.4, -0.2) is 12.1 Å². The van der Waals surface area contributed by atoms with Crippen LogP contribution < -0.4 is 10.1 Å². The van der Waals surface area contributed by atoms with E-state index >= 15 is 0 Å². The van der Waals surface area contributed by atoms with Crippen LogP contribution in [0, 0.1) is 0 Å². The van der Waals surface area contributed by atoms with Crippen LogP contribution in [0.15, 0.2) is 24.3 Å². The molecule has 1 rings (SSSR count). The smallest absolute Gasteiger partial charge is 0.142 e. The van der Waals surface area contributed by atoms with Gasteiger partial charge in [-0.25, -0.2) is 0 Å². The average Bonchev–Trinajstić information content (AvgIpc) is 2.09. The van der Waals surface area contributed by atoms with Gasteiger partial charge >= 0.3 is 0 Å². The monoisotopic (exact) mass is 181 g/mol. The Labute approximate surface area is 77.5 Å². The molecule has 0 spiro atoms. The molecule has 0 atom stereocenters. The first kappa shape index (κ1) is 9.00. The summed E-state index contributed by atoms with van der Waals surface area (Å²) in [6.07, 6.45) is 0. The third-order valence-corrected chi connectivity index (χ3v) is 1.52. The number of hydrogen-bond acceptors (Lipinski definition) is 2. The number of thiocarbonyl (C=S) groups is 1. The maximum Gasteiger partial charge on any atom is 0.142 e. The molecular formula is C9H11NOS. The van der Waals surface area contributed by atoms with Crippen molar-refractivity contribution in [2.75, 3.05) is 11.9 Å². The van der Waals surface area contributed by atoms with Gasteiger partial charge in [-0.15, -0.1) is 0 Å². The molecule has 0 aliphatic heterocycles. The Balaban J connectivity index is 2.83. The molecule has 0 fully saturated rings. The van der Waals surface area contributed by atoms with Crippen LogP contribution in [0.25, 0.3) is 0 Å². The lowest BCUT2D eigenvalue weighted by Gasteiger charge is -2.08. The fraction of sp³-hybridized carbons (Fsp3) is 0.222. The van der Waals surface area contributed by atoms with Crippen molar-refractivity contribution < 1.29 is 4.74 Å². The van der Waals surface area contributed by atoms with Gasteiger partial charge in [-0.1, -0.05) is 24.4 Å². The number of hydrogen-bond donors (Lipinski definition) is 1. The van der Waals surface area contributed by atoms with Crippen molar-refractivity contribution in [3.63, 3.8) is 0 Å². The highest BCUT2D eigenvalue weighted by atomic mass is 32.1. The summed E-state index contributed by atoms with van der Waals surface area (Å²) in [6.45, 7) is 2.62. The van der Waals surface area contributed by atoms with Gasteiger partial charge in [0.1, 0.15) is 5.75 Å². The molecule has 0 unspecified atom stereocenters. The van der Waals surface area contributed by atoms with Crippen LogP contribution in [0.4, 0.5) is 5.69 Å². The van der Waals surface area contributed by atoms with Gasteiger partial charge in [-0.2, -0.15) is 0 Å². The molecule has 1 aromatic carbocycles. The van der Waals surface area contributed by atoms with Gasteiger partial charge in [0.15, 0.2) is 0 Å². The molecule has 1 aromatic rings. The van der Waals surface area contributed by atoms with E-state index in [0.29, 0.717) is 6.61 Å². The van der Waals surface area contributed by atoms with E-state index in [1.807, 2.05) is 31.2 Å². The highest BCUT2D eigenvalue weighted by Gasteiger charge is 1.98. The van der Waals surface area contributed by atoms with Crippen molar-refractivity contribution >= 4 is 23.4 Å². The predicted octanol–water partition coefficient (Wildman–Crippen LogP) is 2.45. The summed E-state index contributed by atoms with van der Waals surface area (Å²) >= 11 is 4.69. The minimum Gasteiger partial charge on any atom is -0.492 e. The number of rotatable bonds is 4. The number of ether oxygens (including phenoxy) is 1. The van der Waals surface area contributed by atoms with E-state index in [0.717, 1.165) is 11.4 Å². The van der Waals surface area contributed by atoms with Crippen LogP contribution in [0.2, 0.25) is 0 Å². The Hall–Kier alpha value is -1.09. The molecule has 0 saturated carbocycles. The van der Waals surface area contributed by atoms with Gasteiger partial charge < -0.3 is 10.1 Å². The van der Waals surface area contributed by atoms with Crippen molar-refractivity contribution in [2.45, 2.75) is 6.92 Å². The summed E-state index contributed by atoms with van der Waals surface area (Å²) < 4.78 is 5.36. The molecule has 0 aliphatic rings. The number of benzene rings is 1. The van der Waals surface area contributed by atoms with Gasteiger partial charge in [-0.05, 0) is 19.1 Å². The largest absolute Gasteiger partial charge is 0.492 e. The quantitative estimate of drug-likeness (QED) is 0.721. The third-order valence-electron chi connectivity index (χ3n) is 1.40. The Morgan fingerprint density at radius 3 is 2.92 bits per heavy atom. The van der Waals surface area contributed by atoms with Crippen LogP contribution in [-0.2, 0) is 0 Å². The highest BCUT2D eigenvalue weighted by Crippen LogP contribution is 2.22. The van der Waals surface area contributed by atoms with Gasteiger partial charge in [-0.3, -0.25) is 0 Å². The zero-order valence-electron chi connectivity index (χ0n) is 6.91. The first-order valence-corrected chi connectivity index (χ1v) is 4.27. The van der Waals surface area contributed by atoms with Crippen molar-refractivity contribution in [2.24, 2.45) is 0 Å². The lowest BCUT2D eigenvalue weighted by molar-refractivity contribution is 0.342. The molecule has 0 saturated heterocycles. The van der Waals surface area contributed by atoms with Crippen molar-refractivity contribution in [3.8, 4) is 5.75 Å². The fourth-order valence-corrected chi connectivity index (χ4v) is 1.06. The highest BCUT2D eigenvalue weighted by molar-refractivity contribution is 7.79. The predicted molar refractivity (Wildman–Crippen MR) is 54.9 cm³/mol. The third kappa shape index (κ3) is 2.20. The second-order valence-electron chi connectivity index (χ2n) is 2.19. The summed E-state index contributed by atoms with van der Waals surface area (Å²) in [4.78, 5) is 0. The van der Waals surface area contributed by atoms with E-state index in [-0.39, 0.29) is 0 Å². The molecule has 12 heavy (non-hydrogen) atoms. The molecule has 0 aromatic heterocycles. The second kappa shape index (κ2) is 4.72. The standard InChI is InChI=1S/C9H11NOS/c1-2-11-9-6-4-3-5-8(9)10-7-12/h3-7H,2H2,1H3,(H,10,12). The molecule has 3 heteroatoms. The Morgan fingerprint density at radius 2 is 2.25 bits per heavy atom. The zero-order chi connectivity index (χ0) is 8.81. The minimum atomic E-state index is 0.663. The van der Waals surface area contributed by atoms with Gasteiger partial charge in [0, 0.05) is 0 Å². The topological polar surface area (TPSA) is 21.3 Å². The normalized spacial score (nSPS) is 9.08. The first-order valence-electron chi connectivity index (χ1n) is 3.80. The number of nitrogens with one attached hydrogen (secondary N) is 1. The molecule has 1 N–H and O–H groups in total. The lowest BCUT2D eigenvalue weighted by Crippen LogP contribution is -1.98. The summed E-state index contributed by atoms with van der Waals surface area (Å²) in [5, 5.41) is 2.93. The zero-order valence-corrected chi connectivity index (χ0v) is 7.73. The fourth-order valence-electron chi connectivity index (χ4n) is 0.931. The molecule has 2 nitrogen and oxygen atoms in total. The molecule has 0 aliphatic carbocycles. The lowest BCUT2D eigenvalue weighted by atomic mass is 10.3. The summed E-state index contributed by atoms with van der Waals surface area (Å²) in [7, 11) is 0. The van der Waals surface area contributed by atoms with Gasteiger partial charge in [0.2, 0.25) is 0 Å². The Morgan fingerprint density at radius 1 is 1.50 bits per heavy atom. The van der Waals surface area contributed by atoms with Crippen molar-refractivity contribution in [1.29, 1.82) is 0 Å². The Kier molecular flexibility index (Phi) is 3.54. The second-order valence-corrected chi connectivity index (χ2v) is 2.43. The van der Waals surface area contributed by atoms with E-state index in [9.17, 15) is 0 Å². The summed E-state index contributed by atoms with van der Waals surface area (Å²) in [6, 6.07) is 7.70. The molecule has 0 bridgehead atoms. The molecule has 64 valence electrons. The van der Waals surface area contributed by atoms with E-state index < -0.39 is 0 Å². The number of para-hydroxylation sites is 2. The summed E-state index contributed by atoms with van der Waals surface area (Å²) in [5.74, 6) is 0.834. The van der Waals surface area contributed by atoms with E-state index in [1.165, 1.54) is 5.49 Å². The summed E-state index contributed by atoms with van der Waals surface area (Å²) in [5.41, 5.74) is 2.38. The number of anilines is 1. The van der Waals surface area contributed by atoms with E-state index in [1.54, 1.807) is 0 Å². The van der Waals surface area contributed by atoms with Crippen LogP contribution in [0.1, 0.15) is 6.92 Å². The van der Waals surface area contributed by atoms with Crippen LogP contribution in [0.5, 0.6) is 5.75 Å². The van der Waals surface area contributed by atoms with Crippen LogP contribution >= 0.6 is 12.2 Å². The SMILES string of the molecule is CCOc1ccccc1NC=S. The molecule has 0 amide bonds. The maximum absolute atomic E-state index is 5.36. The van der Waals surface area contributed by atoms with Crippen molar-refractivity contribution in [3.05, 3.63) is 24.3 Å². The minimum absolute atomic E-state index is 0.663. The molecular weight excluding hydrogens is 170 g/mol. The van der Waals surface area contributed by atoms with Gasteiger partial charge in [0.05, 0.1) is 17.8 Å². The van der Waals surface area contributed by atoms with Crippen LogP contribution in [0.3, 0.4) is 0 Å². The first-order chi connectivity index (χ1) is 5.88. The molecule has 0 heterocycles. The average molecular weight is 181 g/mol. The maximum atomic E-state index is 5.36. The van der Waals surface area contributed by atoms with E-state index in [2.05, 4.69) is 17.5 Å². The Bertz CT molecular complexity index is 262. The van der Waals surface area contributed by atoms with Crippen molar-refractivity contribution in [1.82, 2.24) is 0 Å². The van der Waals surface area contributed by atoms with E-state index in [4.69, 9.17) is 4.74 Å². The molecule has 0 radical (unpaired) electrons.